The molecule has 0 saturated heterocycles. The number of rotatable bonds is 4. The molecule has 2 rings (SSSR count). The summed E-state index contributed by atoms with van der Waals surface area (Å²) in [6.07, 6.45) is 0.269. The molecule has 21 heavy (non-hydrogen) atoms. The summed E-state index contributed by atoms with van der Waals surface area (Å²) in [6, 6.07) is 14.6. The monoisotopic (exact) mass is 283 g/mol. The molecular weight excluding hydrogens is 266 g/mol. The Morgan fingerprint density at radius 1 is 1.19 bits per heavy atom. The Hall–Kier alpha value is -2.82. The van der Waals surface area contributed by atoms with E-state index in [-0.39, 0.29) is 18.2 Å². The number of aryl methyl sites for hydroxylation is 1. The van der Waals surface area contributed by atoms with Gasteiger partial charge < -0.3 is 16.3 Å². The first-order chi connectivity index (χ1) is 10.1. The van der Waals surface area contributed by atoms with Gasteiger partial charge in [-0.15, -0.1) is 0 Å². The molecule has 1 amide bonds. The lowest BCUT2D eigenvalue weighted by molar-refractivity contribution is -0.115. The first kappa shape index (κ1) is 14.6. The Labute approximate surface area is 123 Å². The first-order valence-electron chi connectivity index (χ1n) is 6.52. The van der Waals surface area contributed by atoms with Gasteiger partial charge in [0.25, 0.3) is 0 Å². The van der Waals surface area contributed by atoms with Crippen molar-refractivity contribution in [2.45, 2.75) is 13.3 Å². The molecule has 0 heterocycles. The van der Waals surface area contributed by atoms with Crippen molar-refractivity contribution in [2.75, 3.05) is 5.32 Å². The summed E-state index contributed by atoms with van der Waals surface area (Å²) in [6.45, 7) is 1.95. The van der Waals surface area contributed by atoms with Gasteiger partial charge >= 0.3 is 0 Å². The summed E-state index contributed by atoms with van der Waals surface area (Å²) in [4.78, 5) is 12.0. The number of nitrogens with two attached hydrogens (primary N) is 1. The molecule has 108 valence electrons. The largest absolute Gasteiger partial charge is 0.409 e. The van der Waals surface area contributed by atoms with Crippen molar-refractivity contribution in [3.63, 3.8) is 0 Å². The lowest BCUT2D eigenvalue weighted by atomic mass is 10.1. The van der Waals surface area contributed by atoms with Crippen LogP contribution >= 0.6 is 0 Å². The molecule has 0 spiro atoms. The van der Waals surface area contributed by atoms with Crippen molar-refractivity contribution in [2.24, 2.45) is 10.9 Å². The minimum Gasteiger partial charge on any atom is -0.409 e. The third-order valence-electron chi connectivity index (χ3n) is 3.14. The molecule has 0 radical (unpaired) electrons. The van der Waals surface area contributed by atoms with Gasteiger partial charge in [-0.25, -0.2) is 0 Å². The highest BCUT2D eigenvalue weighted by atomic mass is 16.4. The minimum atomic E-state index is -0.0825. The molecular formula is C16H17N3O2. The normalized spacial score (nSPS) is 11.2. The number of amidine groups is 1. The van der Waals surface area contributed by atoms with E-state index in [1.807, 2.05) is 31.2 Å². The molecule has 4 N–H and O–H groups in total. The van der Waals surface area contributed by atoms with E-state index in [1.54, 1.807) is 24.3 Å². The van der Waals surface area contributed by atoms with Crippen molar-refractivity contribution in [1.82, 2.24) is 0 Å². The van der Waals surface area contributed by atoms with Crippen LogP contribution in [0.3, 0.4) is 0 Å². The maximum atomic E-state index is 12.0. The molecule has 5 heteroatoms. The van der Waals surface area contributed by atoms with Gasteiger partial charge in [-0.3, -0.25) is 4.79 Å². The van der Waals surface area contributed by atoms with Crippen molar-refractivity contribution < 1.29 is 10.0 Å². The smallest absolute Gasteiger partial charge is 0.228 e. The average Bonchev–Trinajstić information content (AvgIpc) is 2.49. The van der Waals surface area contributed by atoms with Gasteiger partial charge in [0.15, 0.2) is 5.84 Å². The standard InChI is InChI=1S/C16H17N3O2/c1-11-4-2-3-5-14(11)18-15(20)10-12-6-8-13(9-7-12)16(17)19-21/h2-9,21H,10H2,1H3,(H2,17,19)(H,18,20). The fourth-order valence-corrected chi connectivity index (χ4v) is 1.94. The maximum absolute atomic E-state index is 12.0. The molecule has 0 bridgehead atoms. The van der Waals surface area contributed by atoms with Crippen LogP contribution in [0.25, 0.3) is 0 Å². The summed E-state index contributed by atoms with van der Waals surface area (Å²) < 4.78 is 0. The Bertz CT molecular complexity index is 663. The van der Waals surface area contributed by atoms with Crippen molar-refractivity contribution in [3.8, 4) is 0 Å². The molecule has 0 aromatic heterocycles. The van der Waals surface area contributed by atoms with Crippen molar-refractivity contribution in [3.05, 3.63) is 65.2 Å². The molecule has 0 unspecified atom stereocenters. The molecule has 0 aliphatic rings. The summed E-state index contributed by atoms with van der Waals surface area (Å²) in [5.74, 6) is -0.0354. The van der Waals surface area contributed by atoms with E-state index in [0.29, 0.717) is 5.56 Å². The van der Waals surface area contributed by atoms with E-state index >= 15 is 0 Å². The van der Waals surface area contributed by atoms with Crippen LogP contribution in [-0.4, -0.2) is 17.0 Å². The van der Waals surface area contributed by atoms with Gasteiger partial charge in [0.05, 0.1) is 6.42 Å². The minimum absolute atomic E-state index is 0.0471. The fraction of sp³-hybridized carbons (Fsp3) is 0.125. The topological polar surface area (TPSA) is 87.7 Å². The number of amides is 1. The summed E-state index contributed by atoms with van der Waals surface area (Å²) in [7, 11) is 0. The highest BCUT2D eigenvalue weighted by Crippen LogP contribution is 2.14. The summed E-state index contributed by atoms with van der Waals surface area (Å²) in [5, 5.41) is 14.4. The zero-order chi connectivity index (χ0) is 15.2. The molecule has 0 fully saturated rings. The van der Waals surface area contributed by atoms with Crippen LogP contribution in [0.4, 0.5) is 5.69 Å². The van der Waals surface area contributed by atoms with E-state index in [2.05, 4.69) is 10.5 Å². The van der Waals surface area contributed by atoms with Crippen molar-refractivity contribution in [1.29, 1.82) is 0 Å². The van der Waals surface area contributed by atoms with Gasteiger partial charge in [-0.1, -0.05) is 47.6 Å². The number of hydrogen-bond acceptors (Lipinski definition) is 3. The molecule has 5 nitrogen and oxygen atoms in total. The fourth-order valence-electron chi connectivity index (χ4n) is 1.94. The lowest BCUT2D eigenvalue weighted by Crippen LogP contribution is -2.16. The number of carbonyl (C=O) groups excluding carboxylic acids is 1. The van der Waals surface area contributed by atoms with Crippen LogP contribution in [0.5, 0.6) is 0 Å². The number of benzene rings is 2. The van der Waals surface area contributed by atoms with E-state index in [0.717, 1.165) is 16.8 Å². The quantitative estimate of drug-likeness (QED) is 0.348. The number of nitrogens with zero attached hydrogens (tertiary/aromatic N) is 1. The molecule has 0 atom stereocenters. The van der Waals surface area contributed by atoms with E-state index in [9.17, 15) is 4.79 Å². The van der Waals surface area contributed by atoms with Crippen LogP contribution in [-0.2, 0) is 11.2 Å². The number of carbonyl (C=O) groups is 1. The first-order valence-corrected chi connectivity index (χ1v) is 6.52. The van der Waals surface area contributed by atoms with Crippen LogP contribution in [0, 0.1) is 6.92 Å². The number of hydrogen-bond donors (Lipinski definition) is 3. The predicted octanol–water partition coefficient (Wildman–Crippen LogP) is 2.27. The van der Waals surface area contributed by atoms with Gasteiger partial charge in [0.1, 0.15) is 0 Å². The van der Waals surface area contributed by atoms with Gasteiger partial charge in [0.2, 0.25) is 5.91 Å². The SMILES string of the molecule is Cc1ccccc1NC(=O)Cc1ccc(C(N)=NO)cc1. The zero-order valence-corrected chi connectivity index (χ0v) is 11.7. The molecule has 2 aromatic rings. The second-order valence-corrected chi connectivity index (χ2v) is 4.72. The molecule has 2 aromatic carbocycles. The Morgan fingerprint density at radius 2 is 1.86 bits per heavy atom. The van der Waals surface area contributed by atoms with Crippen LogP contribution in [0.15, 0.2) is 53.7 Å². The summed E-state index contributed by atoms with van der Waals surface area (Å²) in [5.41, 5.74) is 8.79. The van der Waals surface area contributed by atoms with Crippen LogP contribution in [0.2, 0.25) is 0 Å². The number of oxime groups is 1. The predicted molar refractivity (Wildman–Crippen MR) is 82.5 cm³/mol. The lowest BCUT2D eigenvalue weighted by Gasteiger charge is -2.08. The Balaban J connectivity index is 2.02. The number of anilines is 1. The van der Waals surface area contributed by atoms with Gasteiger partial charge in [-0.2, -0.15) is 0 Å². The van der Waals surface area contributed by atoms with E-state index in [4.69, 9.17) is 10.9 Å². The maximum Gasteiger partial charge on any atom is 0.228 e. The number of nitrogens with one attached hydrogen (secondary N) is 1. The van der Waals surface area contributed by atoms with Crippen LogP contribution in [0.1, 0.15) is 16.7 Å². The molecule has 0 aliphatic heterocycles. The summed E-state index contributed by atoms with van der Waals surface area (Å²) >= 11 is 0. The third-order valence-corrected chi connectivity index (χ3v) is 3.14. The molecule has 0 saturated carbocycles. The van der Waals surface area contributed by atoms with Gasteiger partial charge in [-0.05, 0) is 24.1 Å². The van der Waals surface area contributed by atoms with E-state index in [1.165, 1.54) is 0 Å². The zero-order valence-electron chi connectivity index (χ0n) is 11.7. The van der Waals surface area contributed by atoms with E-state index < -0.39 is 0 Å². The number of para-hydroxylation sites is 1. The van der Waals surface area contributed by atoms with Crippen molar-refractivity contribution >= 4 is 17.4 Å². The van der Waals surface area contributed by atoms with Gasteiger partial charge in [0, 0.05) is 11.3 Å². The van der Waals surface area contributed by atoms with Crippen LogP contribution < -0.4 is 11.1 Å². The Kier molecular flexibility index (Phi) is 4.56. The second kappa shape index (κ2) is 6.56. The highest BCUT2D eigenvalue weighted by molar-refractivity contribution is 5.97. The highest BCUT2D eigenvalue weighted by Gasteiger charge is 2.06. The Morgan fingerprint density at radius 3 is 2.48 bits per heavy atom. The average molecular weight is 283 g/mol. The second-order valence-electron chi connectivity index (χ2n) is 4.72. The molecule has 0 aliphatic carbocycles. The third kappa shape index (κ3) is 3.82.